The van der Waals surface area contributed by atoms with Crippen molar-refractivity contribution >= 4 is 40.4 Å². The van der Waals surface area contributed by atoms with Crippen molar-refractivity contribution in [3.63, 3.8) is 0 Å². The van der Waals surface area contributed by atoms with Crippen LogP contribution in [0.15, 0.2) is 12.1 Å². The largest absolute Gasteiger partial charge is 0.495 e. The van der Waals surface area contributed by atoms with E-state index in [1.807, 2.05) is 0 Å². The topological polar surface area (TPSA) is 73.6 Å². The van der Waals surface area contributed by atoms with Crippen LogP contribution >= 0.6 is 23.8 Å². The predicted molar refractivity (Wildman–Crippen MR) is 86.3 cm³/mol. The molecule has 1 aliphatic carbocycles. The zero-order valence-corrected chi connectivity index (χ0v) is 13.4. The molecule has 0 bridgehead atoms. The number of halogens is 1. The number of hydrogen-bond acceptors (Lipinski definition) is 4. The van der Waals surface area contributed by atoms with Gasteiger partial charge in [0, 0.05) is 6.07 Å². The Balaban J connectivity index is 2.29. The van der Waals surface area contributed by atoms with E-state index in [-0.39, 0.29) is 10.9 Å². The molecule has 0 saturated heterocycles. The number of carbonyl (C=O) groups is 1. The minimum Gasteiger partial charge on any atom is -0.495 e. The van der Waals surface area contributed by atoms with E-state index < -0.39 is 5.41 Å². The average molecular weight is 329 g/mol. The Morgan fingerprint density at radius 1 is 1.33 bits per heavy atom. The van der Waals surface area contributed by atoms with Gasteiger partial charge in [0.25, 0.3) is 0 Å². The van der Waals surface area contributed by atoms with Gasteiger partial charge in [-0.1, -0.05) is 30.2 Å². The Morgan fingerprint density at radius 2 is 1.95 bits per heavy atom. The summed E-state index contributed by atoms with van der Waals surface area (Å²) in [6, 6.07) is 3.20. The Morgan fingerprint density at radius 3 is 2.38 bits per heavy atom. The summed E-state index contributed by atoms with van der Waals surface area (Å²) in [7, 11) is 3.01. The Bertz CT molecular complexity index is 588. The average Bonchev–Trinajstić information content (AvgIpc) is 2.37. The Hall–Kier alpha value is -1.53. The zero-order valence-electron chi connectivity index (χ0n) is 11.9. The van der Waals surface area contributed by atoms with Crippen LogP contribution in [-0.4, -0.2) is 25.1 Å². The van der Waals surface area contributed by atoms with Gasteiger partial charge in [0.1, 0.15) is 11.5 Å². The van der Waals surface area contributed by atoms with Gasteiger partial charge in [0.2, 0.25) is 5.91 Å². The molecule has 2 rings (SSSR count). The fraction of sp³-hybridized carbons (Fsp3) is 0.429. The lowest BCUT2D eigenvalue weighted by molar-refractivity contribution is -0.125. The molecule has 1 amide bonds. The van der Waals surface area contributed by atoms with Gasteiger partial charge in [0.05, 0.1) is 35.3 Å². The van der Waals surface area contributed by atoms with Crippen LogP contribution in [0.1, 0.15) is 19.3 Å². The normalized spacial score (nSPS) is 15.8. The molecule has 1 saturated carbocycles. The summed E-state index contributed by atoms with van der Waals surface area (Å²) in [5.41, 5.74) is 5.44. The van der Waals surface area contributed by atoms with E-state index in [9.17, 15) is 4.79 Å². The molecular weight excluding hydrogens is 312 g/mol. The van der Waals surface area contributed by atoms with E-state index in [0.717, 1.165) is 6.42 Å². The van der Waals surface area contributed by atoms with E-state index >= 15 is 0 Å². The number of ether oxygens (including phenoxy) is 2. The number of rotatable bonds is 5. The molecule has 7 heteroatoms. The molecule has 21 heavy (non-hydrogen) atoms. The number of anilines is 1. The molecule has 1 aromatic rings. The minimum absolute atomic E-state index is 0.221. The first kappa shape index (κ1) is 15.9. The fourth-order valence-corrected chi connectivity index (χ4v) is 2.85. The van der Waals surface area contributed by atoms with Gasteiger partial charge >= 0.3 is 0 Å². The molecule has 0 radical (unpaired) electrons. The lowest BCUT2D eigenvalue weighted by atomic mass is 9.68. The fourth-order valence-electron chi connectivity index (χ4n) is 2.32. The van der Waals surface area contributed by atoms with Gasteiger partial charge in [0.15, 0.2) is 0 Å². The van der Waals surface area contributed by atoms with Gasteiger partial charge in [-0.2, -0.15) is 0 Å². The standard InChI is InChI=1S/C14H17ClN2O3S/c1-19-10-7-11(20-2)9(6-8(10)15)17-13(18)14(12(16)21)4-3-5-14/h6-7H,3-5H2,1-2H3,(H2,16,21)(H,17,18). The van der Waals surface area contributed by atoms with Crippen LogP contribution in [0.25, 0.3) is 0 Å². The Labute approximate surface area is 133 Å². The summed E-state index contributed by atoms with van der Waals surface area (Å²) in [4.78, 5) is 12.7. The number of hydrogen-bond donors (Lipinski definition) is 2. The van der Waals surface area contributed by atoms with Crippen molar-refractivity contribution in [1.29, 1.82) is 0 Å². The van der Waals surface area contributed by atoms with Crippen molar-refractivity contribution in [3.05, 3.63) is 17.2 Å². The molecular formula is C14H17ClN2O3S. The second-order valence-electron chi connectivity index (χ2n) is 4.94. The maximum Gasteiger partial charge on any atom is 0.237 e. The molecule has 5 nitrogen and oxygen atoms in total. The summed E-state index contributed by atoms with van der Waals surface area (Å²) < 4.78 is 10.4. The number of methoxy groups -OCH3 is 2. The van der Waals surface area contributed by atoms with Gasteiger partial charge in [-0.25, -0.2) is 0 Å². The highest BCUT2D eigenvalue weighted by Gasteiger charge is 2.47. The molecule has 114 valence electrons. The van der Waals surface area contributed by atoms with Crippen molar-refractivity contribution in [2.24, 2.45) is 11.1 Å². The van der Waals surface area contributed by atoms with Gasteiger partial charge in [-0.15, -0.1) is 0 Å². The van der Waals surface area contributed by atoms with E-state index in [4.69, 9.17) is 39.0 Å². The number of benzene rings is 1. The van der Waals surface area contributed by atoms with Gasteiger partial charge in [-0.3, -0.25) is 4.79 Å². The summed E-state index contributed by atoms with van der Waals surface area (Å²) in [6.07, 6.45) is 2.27. The molecule has 0 atom stereocenters. The van der Waals surface area contributed by atoms with Crippen molar-refractivity contribution in [2.45, 2.75) is 19.3 Å². The van der Waals surface area contributed by atoms with Crippen LogP contribution in [-0.2, 0) is 4.79 Å². The third kappa shape index (κ3) is 2.78. The van der Waals surface area contributed by atoms with E-state index in [0.29, 0.717) is 35.1 Å². The van der Waals surface area contributed by atoms with Crippen molar-refractivity contribution in [1.82, 2.24) is 0 Å². The maximum absolute atomic E-state index is 12.5. The van der Waals surface area contributed by atoms with Crippen LogP contribution in [0.2, 0.25) is 5.02 Å². The molecule has 3 N–H and O–H groups in total. The maximum atomic E-state index is 12.5. The molecule has 0 aliphatic heterocycles. The molecule has 0 unspecified atom stereocenters. The smallest absolute Gasteiger partial charge is 0.237 e. The molecule has 0 spiro atoms. The molecule has 1 fully saturated rings. The van der Waals surface area contributed by atoms with Gasteiger partial charge in [-0.05, 0) is 18.9 Å². The zero-order chi connectivity index (χ0) is 15.6. The molecule has 1 aromatic carbocycles. The van der Waals surface area contributed by atoms with Crippen LogP contribution in [0.5, 0.6) is 11.5 Å². The molecule has 1 aliphatic rings. The van der Waals surface area contributed by atoms with Gasteiger partial charge < -0.3 is 20.5 Å². The quantitative estimate of drug-likeness (QED) is 0.813. The number of amides is 1. The highest BCUT2D eigenvalue weighted by molar-refractivity contribution is 7.80. The SMILES string of the molecule is COc1cc(OC)c(NC(=O)C2(C(N)=S)CCC2)cc1Cl. The lowest BCUT2D eigenvalue weighted by Gasteiger charge is -2.39. The number of nitrogens with one attached hydrogen (secondary N) is 1. The highest BCUT2D eigenvalue weighted by atomic mass is 35.5. The summed E-state index contributed by atoms with van der Waals surface area (Å²) in [6.45, 7) is 0. The first-order chi connectivity index (χ1) is 9.94. The van der Waals surface area contributed by atoms with Crippen LogP contribution in [0.4, 0.5) is 5.69 Å². The third-order valence-corrected chi connectivity index (χ3v) is 4.52. The second kappa shape index (κ2) is 6.07. The van der Waals surface area contributed by atoms with Crippen molar-refractivity contribution < 1.29 is 14.3 Å². The molecule has 0 heterocycles. The van der Waals surface area contributed by atoms with Crippen LogP contribution in [0.3, 0.4) is 0 Å². The number of carbonyl (C=O) groups excluding carboxylic acids is 1. The third-order valence-electron chi connectivity index (χ3n) is 3.84. The molecule has 0 aromatic heterocycles. The van der Waals surface area contributed by atoms with Crippen molar-refractivity contribution in [3.8, 4) is 11.5 Å². The highest BCUT2D eigenvalue weighted by Crippen LogP contribution is 2.43. The lowest BCUT2D eigenvalue weighted by Crippen LogP contribution is -2.50. The summed E-state index contributed by atoms with van der Waals surface area (Å²) in [5.74, 6) is 0.710. The van der Waals surface area contributed by atoms with Crippen molar-refractivity contribution in [2.75, 3.05) is 19.5 Å². The van der Waals surface area contributed by atoms with E-state index in [1.54, 1.807) is 12.1 Å². The first-order valence-electron chi connectivity index (χ1n) is 6.47. The van der Waals surface area contributed by atoms with E-state index in [1.165, 1.54) is 14.2 Å². The predicted octanol–water partition coefficient (Wildman–Crippen LogP) is 2.75. The summed E-state index contributed by atoms with van der Waals surface area (Å²) >= 11 is 11.1. The Kier molecular flexibility index (Phi) is 4.58. The first-order valence-corrected chi connectivity index (χ1v) is 7.26. The second-order valence-corrected chi connectivity index (χ2v) is 5.79. The number of nitrogens with two attached hydrogens (primary N) is 1. The number of thiocarbonyl (C=S) groups is 1. The monoisotopic (exact) mass is 328 g/mol. The summed E-state index contributed by atoms with van der Waals surface area (Å²) in [5, 5.41) is 3.19. The minimum atomic E-state index is -0.757. The van der Waals surface area contributed by atoms with E-state index in [2.05, 4.69) is 5.32 Å². The van der Waals surface area contributed by atoms with Crippen LogP contribution < -0.4 is 20.5 Å². The van der Waals surface area contributed by atoms with Crippen LogP contribution in [0, 0.1) is 5.41 Å².